The molecule has 0 rings (SSSR count). The Balaban J connectivity index is 3.68. The van der Waals surface area contributed by atoms with Crippen molar-refractivity contribution in [3.63, 3.8) is 0 Å². The van der Waals surface area contributed by atoms with Crippen molar-refractivity contribution in [3.8, 4) is 0 Å². The second-order valence-corrected chi connectivity index (χ2v) is 1.73. The third kappa shape index (κ3) is 3.79. The fourth-order valence-corrected chi connectivity index (χ4v) is 0.584. The molecular weight excluding hydrogens is 112 g/mol. The van der Waals surface area contributed by atoms with Gasteiger partial charge in [0.2, 0.25) is 0 Å². The molecule has 0 saturated carbocycles. The highest BCUT2D eigenvalue weighted by Gasteiger charge is 1.89. The number of nitrogens with two attached hydrogens (primary N) is 1. The van der Waals surface area contributed by atoms with Crippen LogP contribution in [0.2, 0.25) is 0 Å². The standard InChI is InChI=1S/C7H14N2/c1-3-4-7(9-2)5-6-8/h3-7,9H,8H2,1-2H3. The maximum atomic E-state index is 5.18. The zero-order valence-electron chi connectivity index (χ0n) is 5.96. The molecule has 3 N–H and O–H groups in total. The Morgan fingerprint density at radius 2 is 2.11 bits per heavy atom. The Labute approximate surface area is 56.4 Å². The first kappa shape index (κ1) is 8.24. The second-order valence-electron chi connectivity index (χ2n) is 1.73. The van der Waals surface area contributed by atoms with Gasteiger partial charge in [0.05, 0.1) is 0 Å². The Morgan fingerprint density at radius 1 is 1.44 bits per heavy atom. The number of hydrogen-bond donors (Lipinski definition) is 2. The van der Waals surface area contributed by atoms with E-state index in [2.05, 4.69) is 5.32 Å². The van der Waals surface area contributed by atoms with Gasteiger partial charge in [0, 0.05) is 6.04 Å². The van der Waals surface area contributed by atoms with Crippen LogP contribution in [-0.4, -0.2) is 13.1 Å². The molecule has 0 aliphatic heterocycles. The quantitative estimate of drug-likeness (QED) is 0.544. The summed E-state index contributed by atoms with van der Waals surface area (Å²) >= 11 is 0. The minimum absolute atomic E-state index is 0.278. The van der Waals surface area contributed by atoms with Crippen molar-refractivity contribution in [1.82, 2.24) is 5.32 Å². The van der Waals surface area contributed by atoms with Crippen LogP contribution in [0, 0.1) is 0 Å². The molecule has 0 heterocycles. The molecule has 2 nitrogen and oxygen atoms in total. The highest BCUT2D eigenvalue weighted by atomic mass is 14.8. The molecule has 52 valence electrons. The maximum Gasteiger partial charge on any atom is 0.0449 e. The lowest BCUT2D eigenvalue weighted by Crippen LogP contribution is -2.19. The normalized spacial score (nSPS) is 15.3. The second kappa shape index (κ2) is 5.38. The summed E-state index contributed by atoms with van der Waals surface area (Å²) in [7, 11) is 1.89. The summed E-state index contributed by atoms with van der Waals surface area (Å²) in [4.78, 5) is 0. The Kier molecular flexibility index (Phi) is 4.92. The van der Waals surface area contributed by atoms with Gasteiger partial charge in [-0.3, -0.25) is 0 Å². The van der Waals surface area contributed by atoms with Gasteiger partial charge in [-0.25, -0.2) is 0 Å². The van der Waals surface area contributed by atoms with E-state index >= 15 is 0 Å². The number of likely N-dealkylation sites (N-methyl/N-ethyl adjacent to an activating group) is 1. The summed E-state index contributed by atoms with van der Waals surface area (Å²) in [6.45, 7) is 1.98. The number of rotatable bonds is 3. The Bertz CT molecular complexity index is 93.5. The van der Waals surface area contributed by atoms with Crippen LogP contribution < -0.4 is 11.1 Å². The lowest BCUT2D eigenvalue weighted by molar-refractivity contribution is 0.788. The Hall–Kier alpha value is -0.760. The van der Waals surface area contributed by atoms with Gasteiger partial charge >= 0.3 is 0 Å². The van der Waals surface area contributed by atoms with E-state index in [1.807, 2.05) is 32.2 Å². The summed E-state index contributed by atoms with van der Waals surface area (Å²) < 4.78 is 0. The van der Waals surface area contributed by atoms with E-state index in [9.17, 15) is 0 Å². The van der Waals surface area contributed by atoms with Crippen LogP contribution in [0.1, 0.15) is 6.92 Å². The van der Waals surface area contributed by atoms with E-state index in [-0.39, 0.29) is 6.04 Å². The fourth-order valence-electron chi connectivity index (χ4n) is 0.584. The van der Waals surface area contributed by atoms with Crippen molar-refractivity contribution in [2.45, 2.75) is 13.0 Å². The third-order valence-corrected chi connectivity index (χ3v) is 1.05. The van der Waals surface area contributed by atoms with E-state index in [4.69, 9.17) is 5.73 Å². The monoisotopic (exact) mass is 126 g/mol. The van der Waals surface area contributed by atoms with Crippen molar-refractivity contribution in [3.05, 3.63) is 24.4 Å². The van der Waals surface area contributed by atoms with Crippen LogP contribution in [0.5, 0.6) is 0 Å². The number of allylic oxidation sites excluding steroid dienone is 1. The van der Waals surface area contributed by atoms with E-state index in [1.54, 1.807) is 6.20 Å². The summed E-state index contributed by atoms with van der Waals surface area (Å²) in [5, 5.41) is 3.05. The zero-order chi connectivity index (χ0) is 7.11. The molecule has 0 bridgehead atoms. The molecule has 0 aliphatic rings. The van der Waals surface area contributed by atoms with Gasteiger partial charge in [-0.2, -0.15) is 0 Å². The molecule has 0 aliphatic carbocycles. The predicted molar refractivity (Wildman–Crippen MR) is 41.0 cm³/mol. The van der Waals surface area contributed by atoms with Crippen LogP contribution in [-0.2, 0) is 0 Å². The molecule has 0 spiro atoms. The predicted octanol–water partition coefficient (Wildman–Crippen LogP) is 0.623. The van der Waals surface area contributed by atoms with E-state index in [0.717, 1.165) is 0 Å². The van der Waals surface area contributed by atoms with Gasteiger partial charge in [0.25, 0.3) is 0 Å². The molecule has 9 heavy (non-hydrogen) atoms. The largest absolute Gasteiger partial charge is 0.405 e. The zero-order valence-corrected chi connectivity index (χ0v) is 5.96. The van der Waals surface area contributed by atoms with Crippen molar-refractivity contribution in [2.75, 3.05) is 7.05 Å². The third-order valence-electron chi connectivity index (χ3n) is 1.05. The average molecular weight is 126 g/mol. The highest BCUT2D eigenvalue weighted by molar-refractivity contribution is 5.03. The van der Waals surface area contributed by atoms with E-state index in [0.29, 0.717) is 0 Å². The first-order valence-electron chi connectivity index (χ1n) is 3.03. The highest BCUT2D eigenvalue weighted by Crippen LogP contribution is 1.85. The molecule has 1 unspecified atom stereocenters. The van der Waals surface area contributed by atoms with Gasteiger partial charge in [-0.15, -0.1) is 0 Å². The van der Waals surface area contributed by atoms with Gasteiger partial charge < -0.3 is 11.1 Å². The van der Waals surface area contributed by atoms with Crippen LogP contribution in [0.3, 0.4) is 0 Å². The first-order valence-corrected chi connectivity index (χ1v) is 3.03. The van der Waals surface area contributed by atoms with E-state index < -0.39 is 0 Å². The molecule has 0 amide bonds. The lowest BCUT2D eigenvalue weighted by atomic mass is 10.3. The maximum absolute atomic E-state index is 5.18. The molecule has 0 aromatic rings. The van der Waals surface area contributed by atoms with Gasteiger partial charge in [0.1, 0.15) is 0 Å². The molecule has 0 aromatic heterocycles. The van der Waals surface area contributed by atoms with Crippen LogP contribution in [0.4, 0.5) is 0 Å². The van der Waals surface area contributed by atoms with E-state index in [1.165, 1.54) is 0 Å². The molecule has 1 atom stereocenters. The molecule has 0 saturated heterocycles. The minimum atomic E-state index is 0.278. The Morgan fingerprint density at radius 3 is 2.44 bits per heavy atom. The lowest BCUT2D eigenvalue weighted by Gasteiger charge is -2.02. The van der Waals surface area contributed by atoms with Gasteiger partial charge in [0.15, 0.2) is 0 Å². The van der Waals surface area contributed by atoms with Crippen molar-refractivity contribution >= 4 is 0 Å². The molecule has 0 radical (unpaired) electrons. The van der Waals surface area contributed by atoms with Crippen molar-refractivity contribution in [2.24, 2.45) is 5.73 Å². The molecule has 0 fully saturated rings. The summed E-state index contributed by atoms with van der Waals surface area (Å²) in [5.41, 5.74) is 5.18. The molecule has 2 heteroatoms. The van der Waals surface area contributed by atoms with Crippen molar-refractivity contribution < 1.29 is 0 Å². The van der Waals surface area contributed by atoms with Crippen LogP contribution in [0.25, 0.3) is 0 Å². The summed E-state index contributed by atoms with van der Waals surface area (Å²) in [6, 6.07) is 0.278. The molecular formula is C7H14N2. The van der Waals surface area contributed by atoms with Crippen LogP contribution in [0.15, 0.2) is 24.4 Å². The van der Waals surface area contributed by atoms with Gasteiger partial charge in [-0.1, -0.05) is 12.2 Å². The number of nitrogens with one attached hydrogen (secondary N) is 1. The first-order chi connectivity index (χ1) is 4.35. The molecule has 0 aromatic carbocycles. The van der Waals surface area contributed by atoms with Crippen LogP contribution >= 0.6 is 0 Å². The summed E-state index contributed by atoms with van der Waals surface area (Å²) in [5.74, 6) is 0. The topological polar surface area (TPSA) is 38.0 Å². The fraction of sp³-hybridized carbons (Fsp3) is 0.429. The number of hydrogen-bond acceptors (Lipinski definition) is 2. The minimum Gasteiger partial charge on any atom is -0.405 e. The smallest absolute Gasteiger partial charge is 0.0449 e. The SMILES string of the molecule is CC=CC(C=CN)NC. The van der Waals surface area contributed by atoms with Crippen molar-refractivity contribution in [1.29, 1.82) is 0 Å². The van der Waals surface area contributed by atoms with Gasteiger partial charge in [-0.05, 0) is 26.2 Å². The average Bonchev–Trinajstić information content (AvgIpc) is 1.88. The summed E-state index contributed by atoms with van der Waals surface area (Å²) in [6.07, 6.45) is 7.45.